The topological polar surface area (TPSA) is 111 Å². The van der Waals surface area contributed by atoms with Crippen LogP contribution in [0.1, 0.15) is 83.0 Å². The monoisotopic (exact) mass is 485 g/mol. The van der Waals surface area contributed by atoms with Gasteiger partial charge in [0.05, 0.1) is 18.2 Å². The average Bonchev–Trinajstić information content (AvgIpc) is 3.18. The Hall–Kier alpha value is -2.35. The maximum atomic E-state index is 13.5. The molecule has 4 N–H and O–H groups in total. The van der Waals surface area contributed by atoms with E-state index in [0.717, 1.165) is 43.4 Å². The van der Waals surface area contributed by atoms with Gasteiger partial charge in [-0.3, -0.25) is 9.59 Å². The van der Waals surface area contributed by atoms with Crippen LogP contribution in [-0.2, 0) is 4.79 Å². The Morgan fingerprint density at radius 1 is 1.23 bits per heavy atom. The third kappa shape index (κ3) is 5.90. The molecule has 0 unspecified atom stereocenters. The molecule has 4 saturated carbocycles. The zero-order valence-corrected chi connectivity index (χ0v) is 21.8. The summed E-state index contributed by atoms with van der Waals surface area (Å²) in [5.41, 5.74) is 5.14. The number of carbonyl (C=O) groups is 2. The summed E-state index contributed by atoms with van der Waals surface area (Å²) in [5, 5.41) is 10.8. The first-order valence-corrected chi connectivity index (χ1v) is 13.3. The first-order chi connectivity index (χ1) is 16.6. The Labute approximate surface area is 209 Å². The Kier molecular flexibility index (Phi) is 7.60. The van der Waals surface area contributed by atoms with Crippen molar-refractivity contribution in [2.75, 3.05) is 19.7 Å². The molecular weight excluding hydrogens is 442 g/mol. The van der Waals surface area contributed by atoms with Crippen LogP contribution in [0, 0.1) is 29.1 Å². The molecule has 4 fully saturated rings. The number of amides is 2. The number of nitrogens with one attached hydrogen (secondary N) is 2. The summed E-state index contributed by atoms with van der Waals surface area (Å²) in [7, 11) is 0. The summed E-state index contributed by atoms with van der Waals surface area (Å²) < 4.78 is 7.67. The van der Waals surface area contributed by atoms with Gasteiger partial charge in [-0.05, 0) is 89.0 Å². The van der Waals surface area contributed by atoms with Crippen LogP contribution in [0.15, 0.2) is 12.3 Å². The van der Waals surface area contributed by atoms with Gasteiger partial charge in [0, 0.05) is 18.3 Å². The lowest BCUT2D eigenvalue weighted by molar-refractivity contribution is -0.127. The lowest BCUT2D eigenvalue weighted by Gasteiger charge is -2.56. The Morgan fingerprint density at radius 2 is 1.86 bits per heavy atom. The predicted octanol–water partition coefficient (Wildman–Crippen LogP) is 3.58. The Bertz CT molecular complexity index is 913. The van der Waals surface area contributed by atoms with Gasteiger partial charge < -0.3 is 21.1 Å². The van der Waals surface area contributed by atoms with Crippen LogP contribution in [0.25, 0.3) is 6.20 Å². The average molecular weight is 486 g/mol. The third-order valence-electron chi connectivity index (χ3n) is 7.85. The molecule has 4 aliphatic rings. The molecule has 1 aromatic heterocycles. The van der Waals surface area contributed by atoms with Crippen molar-refractivity contribution in [3.05, 3.63) is 17.8 Å². The van der Waals surface area contributed by atoms with Crippen molar-refractivity contribution in [1.82, 2.24) is 20.4 Å². The van der Waals surface area contributed by atoms with Crippen molar-refractivity contribution in [1.29, 1.82) is 0 Å². The molecule has 0 aliphatic heterocycles. The predicted molar refractivity (Wildman–Crippen MR) is 137 cm³/mol. The van der Waals surface area contributed by atoms with Gasteiger partial charge in [0.1, 0.15) is 5.56 Å². The number of nitrogens with zero attached hydrogens (tertiary/aromatic N) is 2. The highest BCUT2D eigenvalue weighted by atomic mass is 16.5. The molecule has 2 amide bonds. The van der Waals surface area contributed by atoms with Crippen molar-refractivity contribution < 1.29 is 14.3 Å². The van der Waals surface area contributed by atoms with E-state index in [1.807, 2.05) is 13.8 Å². The minimum absolute atomic E-state index is 0.0807. The lowest BCUT2D eigenvalue weighted by Crippen LogP contribution is -2.59. The number of ether oxygens (including phenoxy) is 1. The minimum Gasteiger partial charge on any atom is -0.477 e. The first-order valence-electron chi connectivity index (χ1n) is 13.3. The maximum Gasteiger partial charge on any atom is 0.258 e. The first kappa shape index (κ1) is 25.7. The zero-order chi connectivity index (χ0) is 25.2. The zero-order valence-electron chi connectivity index (χ0n) is 21.8. The molecule has 0 atom stereocenters. The molecule has 0 spiro atoms. The third-order valence-corrected chi connectivity index (χ3v) is 7.85. The maximum absolute atomic E-state index is 13.5. The molecule has 8 heteroatoms. The van der Waals surface area contributed by atoms with Gasteiger partial charge in [-0.2, -0.15) is 5.10 Å². The normalized spacial score (nSPS) is 27.5. The van der Waals surface area contributed by atoms with E-state index in [1.54, 1.807) is 23.2 Å². The van der Waals surface area contributed by atoms with Gasteiger partial charge in [-0.1, -0.05) is 19.9 Å². The second-order valence-electron chi connectivity index (χ2n) is 12.1. The van der Waals surface area contributed by atoms with E-state index in [4.69, 9.17) is 10.5 Å². The van der Waals surface area contributed by atoms with Crippen LogP contribution in [0.5, 0.6) is 5.88 Å². The molecule has 4 bridgehead atoms. The molecule has 35 heavy (non-hydrogen) atoms. The van der Waals surface area contributed by atoms with E-state index in [1.165, 1.54) is 19.3 Å². The summed E-state index contributed by atoms with van der Waals surface area (Å²) in [5.74, 6) is 2.79. The van der Waals surface area contributed by atoms with E-state index >= 15 is 0 Å². The molecule has 0 radical (unpaired) electrons. The van der Waals surface area contributed by atoms with Crippen LogP contribution in [0.2, 0.25) is 0 Å². The molecule has 194 valence electrons. The van der Waals surface area contributed by atoms with Gasteiger partial charge in [-0.15, -0.1) is 0 Å². The van der Waals surface area contributed by atoms with Gasteiger partial charge in [-0.25, -0.2) is 4.68 Å². The van der Waals surface area contributed by atoms with Crippen LogP contribution < -0.4 is 21.1 Å². The van der Waals surface area contributed by atoms with Gasteiger partial charge >= 0.3 is 0 Å². The van der Waals surface area contributed by atoms with E-state index in [9.17, 15) is 9.59 Å². The Morgan fingerprint density at radius 3 is 2.43 bits per heavy atom. The minimum atomic E-state index is -0.752. The standard InChI is InChI=1S/C27H43N5O3/c1-18(2)17-35-24-22(16-30-32(24)9-6-26(3,4)25(34)29-8-5-7-28)23(33)31-27-13-19-10-20(14-27)12-21(11-19)15-27/h6,9,16,18-21H,5,7-8,10-15,17,28H2,1-4H3,(H,29,34)(H,31,33)/b9-6+. The van der Waals surface area contributed by atoms with E-state index in [2.05, 4.69) is 29.6 Å². The SMILES string of the molecule is CC(C)COc1c(C(=O)NC23CC4CC(CC(C4)C2)C3)cnn1/C=C/C(C)(C)C(=O)NCCCN. The summed E-state index contributed by atoms with van der Waals surface area (Å²) in [4.78, 5) is 26.1. The largest absolute Gasteiger partial charge is 0.477 e. The molecular formula is C27H43N5O3. The second-order valence-corrected chi connectivity index (χ2v) is 12.1. The van der Waals surface area contributed by atoms with Crippen molar-refractivity contribution in [2.24, 2.45) is 34.8 Å². The van der Waals surface area contributed by atoms with Crippen LogP contribution in [0.4, 0.5) is 0 Å². The highest BCUT2D eigenvalue weighted by Gasteiger charge is 2.51. The number of carbonyl (C=O) groups excluding carboxylic acids is 2. The molecule has 1 heterocycles. The van der Waals surface area contributed by atoms with E-state index in [0.29, 0.717) is 37.1 Å². The molecule has 4 aliphatic carbocycles. The molecule has 0 saturated heterocycles. The lowest BCUT2D eigenvalue weighted by atomic mass is 9.53. The molecule has 5 rings (SSSR count). The fraction of sp³-hybridized carbons (Fsp3) is 0.741. The summed E-state index contributed by atoms with van der Waals surface area (Å²) in [6.07, 6.45) is 13.1. The smallest absolute Gasteiger partial charge is 0.258 e. The number of nitrogens with two attached hydrogens (primary N) is 1. The second kappa shape index (κ2) is 10.3. The fourth-order valence-corrected chi connectivity index (χ4v) is 6.44. The quantitative estimate of drug-likeness (QED) is 0.415. The van der Waals surface area contributed by atoms with Crippen LogP contribution in [-0.4, -0.2) is 46.8 Å². The summed E-state index contributed by atoms with van der Waals surface area (Å²) >= 11 is 0. The van der Waals surface area contributed by atoms with Crippen molar-refractivity contribution in [3.8, 4) is 5.88 Å². The van der Waals surface area contributed by atoms with Gasteiger partial charge in [0.25, 0.3) is 5.91 Å². The van der Waals surface area contributed by atoms with Gasteiger partial charge in [0.2, 0.25) is 11.8 Å². The van der Waals surface area contributed by atoms with Crippen molar-refractivity contribution >= 4 is 18.0 Å². The number of aromatic nitrogens is 2. The highest BCUT2D eigenvalue weighted by Crippen LogP contribution is 2.55. The number of hydrogen-bond donors (Lipinski definition) is 3. The number of hydrogen-bond acceptors (Lipinski definition) is 5. The van der Waals surface area contributed by atoms with Crippen LogP contribution in [0.3, 0.4) is 0 Å². The van der Waals surface area contributed by atoms with E-state index in [-0.39, 0.29) is 17.4 Å². The highest BCUT2D eigenvalue weighted by molar-refractivity contribution is 5.97. The molecule has 1 aromatic rings. The van der Waals surface area contributed by atoms with Crippen molar-refractivity contribution in [3.63, 3.8) is 0 Å². The number of rotatable bonds is 11. The van der Waals surface area contributed by atoms with Crippen LogP contribution >= 0.6 is 0 Å². The summed E-state index contributed by atoms with van der Waals surface area (Å²) in [6.45, 7) is 9.39. The summed E-state index contributed by atoms with van der Waals surface area (Å²) in [6, 6.07) is 0. The Balaban J connectivity index is 1.51. The van der Waals surface area contributed by atoms with E-state index < -0.39 is 5.41 Å². The molecule has 8 nitrogen and oxygen atoms in total. The molecule has 0 aromatic carbocycles. The fourth-order valence-electron chi connectivity index (χ4n) is 6.44. The van der Waals surface area contributed by atoms with Gasteiger partial charge in [0.15, 0.2) is 0 Å². The van der Waals surface area contributed by atoms with Crippen molar-refractivity contribution in [2.45, 2.75) is 78.2 Å².